The minimum absolute atomic E-state index is 0.0411. The molecule has 26 heavy (non-hydrogen) atoms. The van der Waals surface area contributed by atoms with Crippen LogP contribution in [0.15, 0.2) is 41.6 Å². The fourth-order valence-electron chi connectivity index (χ4n) is 2.19. The first-order valence-electron chi connectivity index (χ1n) is 8.46. The van der Waals surface area contributed by atoms with E-state index in [4.69, 9.17) is 9.47 Å². The molecule has 7 heteroatoms. The highest BCUT2D eigenvalue weighted by Crippen LogP contribution is 2.24. The zero-order valence-electron chi connectivity index (χ0n) is 15.7. The van der Waals surface area contributed by atoms with Crippen LogP contribution >= 0.6 is 0 Å². The average molecular weight is 386 g/mol. The normalized spacial score (nSPS) is 13.1. The van der Waals surface area contributed by atoms with Crippen LogP contribution in [0.4, 0.5) is 4.39 Å². The van der Waals surface area contributed by atoms with E-state index in [9.17, 15) is 17.6 Å². The zero-order valence-corrected chi connectivity index (χ0v) is 16.6. The van der Waals surface area contributed by atoms with Gasteiger partial charge in [0.25, 0.3) is 0 Å². The molecule has 0 saturated carbocycles. The molecule has 5 nitrogen and oxygen atoms in total. The van der Waals surface area contributed by atoms with Gasteiger partial charge < -0.3 is 9.47 Å². The minimum atomic E-state index is -3.81. The third-order valence-electron chi connectivity index (χ3n) is 3.28. The van der Waals surface area contributed by atoms with Gasteiger partial charge in [0.2, 0.25) is 0 Å². The summed E-state index contributed by atoms with van der Waals surface area (Å²) in [5.41, 5.74) is -0.797. The quantitative estimate of drug-likeness (QED) is 0.598. The van der Waals surface area contributed by atoms with Crippen LogP contribution in [0.25, 0.3) is 0 Å². The van der Waals surface area contributed by atoms with E-state index < -0.39 is 45.3 Å². The van der Waals surface area contributed by atoms with Gasteiger partial charge in [-0.15, -0.1) is 0 Å². The molecule has 146 valence electrons. The van der Waals surface area contributed by atoms with Gasteiger partial charge in [0.1, 0.15) is 11.4 Å². The third-order valence-corrected chi connectivity index (χ3v) is 5.12. The van der Waals surface area contributed by atoms with Crippen LogP contribution in [0.1, 0.15) is 40.5 Å². The Bertz CT molecular complexity index is 717. The highest BCUT2D eigenvalue weighted by molar-refractivity contribution is 7.91. The monoisotopic (exact) mass is 386 g/mol. The van der Waals surface area contributed by atoms with Gasteiger partial charge in [0.05, 0.1) is 29.0 Å². The molecule has 0 aromatic heterocycles. The summed E-state index contributed by atoms with van der Waals surface area (Å²) in [6, 6.07) is 5.94. The van der Waals surface area contributed by atoms with Crippen LogP contribution < -0.4 is 4.74 Å². The lowest BCUT2D eigenvalue weighted by Gasteiger charge is -2.23. The van der Waals surface area contributed by atoms with Crippen molar-refractivity contribution in [2.75, 3.05) is 12.4 Å². The number of esters is 1. The van der Waals surface area contributed by atoms with Crippen molar-refractivity contribution < 1.29 is 27.1 Å². The van der Waals surface area contributed by atoms with E-state index in [1.807, 2.05) is 6.92 Å². The van der Waals surface area contributed by atoms with Crippen LogP contribution in [-0.2, 0) is 19.4 Å². The number of allylic oxidation sites excluding steroid dienone is 1. The first kappa shape index (κ1) is 22.2. The van der Waals surface area contributed by atoms with Crippen molar-refractivity contribution in [2.45, 2.75) is 51.0 Å². The van der Waals surface area contributed by atoms with Gasteiger partial charge in [-0.1, -0.05) is 13.5 Å². The Labute approximate surface area is 155 Å². The number of halogens is 1. The molecule has 1 rings (SSSR count). The highest BCUT2D eigenvalue weighted by Gasteiger charge is 2.31. The maximum absolute atomic E-state index is 13.3. The largest absolute Gasteiger partial charge is 0.494 e. The zero-order chi connectivity index (χ0) is 20.0. The molecule has 0 N–H and O–H groups in total. The van der Waals surface area contributed by atoms with Crippen molar-refractivity contribution >= 4 is 15.8 Å². The van der Waals surface area contributed by atoms with Gasteiger partial charge in [-0.2, -0.15) is 0 Å². The molecular formula is C19H27FO5S. The van der Waals surface area contributed by atoms with Gasteiger partial charge in [-0.3, -0.25) is 4.79 Å². The number of ether oxygens (including phenoxy) is 2. The lowest BCUT2D eigenvalue weighted by Crippen LogP contribution is -2.32. The summed E-state index contributed by atoms with van der Waals surface area (Å²) < 4.78 is 49.2. The number of carbonyl (C=O) groups is 1. The molecule has 0 saturated heterocycles. The summed E-state index contributed by atoms with van der Waals surface area (Å²) in [6.45, 7) is 10.6. The van der Waals surface area contributed by atoms with E-state index in [2.05, 4.69) is 6.58 Å². The average Bonchev–Trinajstić information content (AvgIpc) is 2.50. The highest BCUT2D eigenvalue weighted by atomic mass is 32.2. The Balaban J connectivity index is 2.97. The number of sulfone groups is 1. The predicted octanol–water partition coefficient (Wildman–Crippen LogP) is 4.08. The molecule has 0 bridgehead atoms. The van der Waals surface area contributed by atoms with Crippen LogP contribution in [0, 0.1) is 5.92 Å². The molecule has 0 amide bonds. The molecule has 0 heterocycles. The maximum Gasteiger partial charge on any atom is 0.310 e. The van der Waals surface area contributed by atoms with Gasteiger partial charge in [-0.25, -0.2) is 12.8 Å². The minimum Gasteiger partial charge on any atom is -0.494 e. The Morgan fingerprint density at radius 1 is 1.23 bits per heavy atom. The Hall–Kier alpha value is -1.89. The first-order valence-corrected chi connectivity index (χ1v) is 10.1. The molecule has 0 radical (unpaired) electrons. The van der Waals surface area contributed by atoms with Crippen LogP contribution in [0.3, 0.4) is 0 Å². The number of rotatable bonds is 9. The standard InChI is InChI=1S/C19H27FO5S/c1-6-11-24-16-7-9-17(10-8-16)26(22,23)13-15(12-14(2)20)18(21)25-19(3,4)5/h7-10,15H,2,6,11-13H2,1,3-5H3/t15-/m0/s1. The van der Waals surface area contributed by atoms with Gasteiger partial charge in [0, 0.05) is 6.42 Å². The summed E-state index contributed by atoms with van der Waals surface area (Å²) in [5.74, 6) is -2.68. The first-order chi connectivity index (χ1) is 11.9. The summed E-state index contributed by atoms with van der Waals surface area (Å²) in [6.07, 6.45) is 0.441. The second-order valence-corrected chi connectivity index (χ2v) is 9.09. The summed E-state index contributed by atoms with van der Waals surface area (Å²) in [5, 5.41) is 0. The van der Waals surface area contributed by atoms with Crippen LogP contribution in [0.2, 0.25) is 0 Å². The van der Waals surface area contributed by atoms with Crippen LogP contribution in [-0.4, -0.2) is 32.3 Å². The molecular weight excluding hydrogens is 359 g/mol. The molecule has 0 unspecified atom stereocenters. The predicted molar refractivity (Wildman–Crippen MR) is 98.5 cm³/mol. The molecule has 0 aliphatic carbocycles. The van der Waals surface area contributed by atoms with Gasteiger partial charge in [0.15, 0.2) is 9.84 Å². The number of hydrogen-bond donors (Lipinski definition) is 0. The van der Waals surface area contributed by atoms with E-state index in [1.165, 1.54) is 12.1 Å². The molecule has 0 aliphatic heterocycles. The van der Waals surface area contributed by atoms with Crippen molar-refractivity contribution in [3.8, 4) is 5.75 Å². The molecule has 1 aromatic carbocycles. The SMILES string of the molecule is C=C(F)C[C@@H](CS(=O)(=O)c1ccc(OCCC)cc1)C(=O)OC(C)(C)C. The van der Waals surface area contributed by atoms with Crippen molar-refractivity contribution in [3.63, 3.8) is 0 Å². The van der Waals surface area contributed by atoms with E-state index in [0.717, 1.165) is 6.42 Å². The maximum atomic E-state index is 13.3. The van der Waals surface area contributed by atoms with Gasteiger partial charge >= 0.3 is 5.97 Å². The Morgan fingerprint density at radius 2 is 1.81 bits per heavy atom. The van der Waals surface area contributed by atoms with E-state index in [1.54, 1.807) is 32.9 Å². The topological polar surface area (TPSA) is 69.7 Å². The number of carbonyl (C=O) groups excluding carboxylic acids is 1. The lowest BCUT2D eigenvalue weighted by atomic mass is 10.1. The smallest absolute Gasteiger partial charge is 0.310 e. The summed E-state index contributed by atoms with van der Waals surface area (Å²) in [7, 11) is -3.81. The van der Waals surface area contributed by atoms with E-state index in [-0.39, 0.29) is 4.90 Å². The lowest BCUT2D eigenvalue weighted by molar-refractivity contribution is -0.159. The van der Waals surface area contributed by atoms with Crippen molar-refractivity contribution in [2.24, 2.45) is 5.92 Å². The van der Waals surface area contributed by atoms with Crippen molar-refractivity contribution in [3.05, 3.63) is 36.7 Å². The number of hydrogen-bond acceptors (Lipinski definition) is 5. The van der Waals surface area contributed by atoms with Gasteiger partial charge in [-0.05, 0) is 51.5 Å². The van der Waals surface area contributed by atoms with E-state index in [0.29, 0.717) is 12.4 Å². The second kappa shape index (κ2) is 9.16. The summed E-state index contributed by atoms with van der Waals surface area (Å²) >= 11 is 0. The second-order valence-electron chi connectivity index (χ2n) is 7.05. The van der Waals surface area contributed by atoms with Crippen molar-refractivity contribution in [1.82, 2.24) is 0 Å². The Morgan fingerprint density at radius 3 is 2.27 bits per heavy atom. The molecule has 0 spiro atoms. The third kappa shape index (κ3) is 7.56. The molecule has 0 aliphatic rings. The van der Waals surface area contributed by atoms with E-state index >= 15 is 0 Å². The molecule has 0 fully saturated rings. The fraction of sp³-hybridized carbons (Fsp3) is 0.526. The number of benzene rings is 1. The Kier molecular flexibility index (Phi) is 7.81. The van der Waals surface area contributed by atoms with Crippen molar-refractivity contribution in [1.29, 1.82) is 0 Å². The summed E-state index contributed by atoms with van der Waals surface area (Å²) in [4.78, 5) is 12.3. The van der Waals surface area contributed by atoms with Crippen LogP contribution in [0.5, 0.6) is 5.75 Å². The fourth-order valence-corrected chi connectivity index (χ4v) is 3.71. The molecule has 1 atom stereocenters. The molecule has 1 aromatic rings.